The van der Waals surface area contributed by atoms with Crippen LogP contribution in [0.4, 0.5) is 0 Å². The number of hydrogen-bond acceptors (Lipinski definition) is 2. The van der Waals surface area contributed by atoms with Crippen molar-refractivity contribution in [2.75, 3.05) is 6.54 Å². The Bertz CT molecular complexity index is 715. The lowest BCUT2D eigenvalue weighted by Crippen LogP contribution is -2.47. The van der Waals surface area contributed by atoms with Crippen LogP contribution in [0, 0.1) is 0 Å². The molecule has 25 heavy (non-hydrogen) atoms. The number of hydrogen-bond donors (Lipinski definition) is 1. The summed E-state index contributed by atoms with van der Waals surface area (Å²) >= 11 is 0. The van der Waals surface area contributed by atoms with E-state index in [2.05, 4.69) is 5.32 Å². The van der Waals surface area contributed by atoms with Crippen molar-refractivity contribution in [2.45, 2.75) is 38.3 Å². The van der Waals surface area contributed by atoms with Crippen molar-refractivity contribution in [3.8, 4) is 0 Å². The lowest BCUT2D eigenvalue weighted by Gasteiger charge is -2.26. The standard InChI is InChI=1S/C21H24N2O2/c1-16(18-11-6-3-7-12-18)22-21(25)19-13-8-14-23(19)20(24)15-17-9-4-2-5-10-17/h2-7,9-12,16,19H,8,13-15H2,1H3,(H,22,25). The van der Waals surface area contributed by atoms with Crippen molar-refractivity contribution in [3.63, 3.8) is 0 Å². The lowest BCUT2D eigenvalue weighted by atomic mass is 10.1. The first kappa shape index (κ1) is 17.2. The van der Waals surface area contributed by atoms with Crippen LogP contribution < -0.4 is 5.32 Å². The topological polar surface area (TPSA) is 49.4 Å². The summed E-state index contributed by atoms with van der Waals surface area (Å²) < 4.78 is 0. The van der Waals surface area contributed by atoms with Gasteiger partial charge in [0.15, 0.2) is 0 Å². The predicted octanol–water partition coefficient (Wildman–Crippen LogP) is 3.10. The zero-order valence-corrected chi connectivity index (χ0v) is 14.5. The number of nitrogens with zero attached hydrogens (tertiary/aromatic N) is 1. The monoisotopic (exact) mass is 336 g/mol. The minimum Gasteiger partial charge on any atom is -0.348 e. The van der Waals surface area contributed by atoms with Gasteiger partial charge in [0, 0.05) is 6.54 Å². The van der Waals surface area contributed by atoms with Crippen LogP contribution in [0.25, 0.3) is 0 Å². The fourth-order valence-electron chi connectivity index (χ4n) is 3.34. The fourth-order valence-corrected chi connectivity index (χ4v) is 3.34. The quantitative estimate of drug-likeness (QED) is 0.912. The summed E-state index contributed by atoms with van der Waals surface area (Å²) in [6.07, 6.45) is 1.95. The van der Waals surface area contributed by atoms with Gasteiger partial charge in [-0.3, -0.25) is 9.59 Å². The molecule has 1 fully saturated rings. The SMILES string of the molecule is CC(NC(=O)C1CCCN1C(=O)Cc1ccccc1)c1ccccc1. The van der Waals surface area contributed by atoms with Crippen LogP contribution in [-0.4, -0.2) is 29.3 Å². The Morgan fingerprint density at radius 3 is 2.40 bits per heavy atom. The molecule has 3 rings (SSSR count). The Kier molecular flexibility index (Phi) is 5.49. The maximum absolute atomic E-state index is 12.7. The van der Waals surface area contributed by atoms with Crippen LogP contribution in [0.5, 0.6) is 0 Å². The molecular weight excluding hydrogens is 312 g/mol. The summed E-state index contributed by atoms with van der Waals surface area (Å²) in [5.74, 6) is -0.0357. The maximum atomic E-state index is 12.7. The van der Waals surface area contributed by atoms with E-state index in [9.17, 15) is 9.59 Å². The molecule has 1 heterocycles. The average Bonchev–Trinajstić information content (AvgIpc) is 3.13. The smallest absolute Gasteiger partial charge is 0.243 e. The first-order valence-corrected chi connectivity index (χ1v) is 8.84. The molecule has 1 saturated heterocycles. The van der Waals surface area contributed by atoms with Gasteiger partial charge >= 0.3 is 0 Å². The molecule has 1 aliphatic heterocycles. The molecule has 130 valence electrons. The van der Waals surface area contributed by atoms with Gasteiger partial charge in [0.1, 0.15) is 6.04 Å². The van der Waals surface area contributed by atoms with Crippen molar-refractivity contribution < 1.29 is 9.59 Å². The molecule has 1 aliphatic rings. The molecule has 2 atom stereocenters. The Labute approximate surface area is 148 Å². The second kappa shape index (κ2) is 7.97. The number of amides is 2. The Morgan fingerprint density at radius 1 is 1.08 bits per heavy atom. The number of benzene rings is 2. The molecule has 0 bridgehead atoms. The molecule has 0 saturated carbocycles. The van der Waals surface area contributed by atoms with Gasteiger partial charge in [-0.25, -0.2) is 0 Å². The molecule has 2 aromatic carbocycles. The highest BCUT2D eigenvalue weighted by atomic mass is 16.2. The second-order valence-corrected chi connectivity index (χ2v) is 6.55. The molecule has 4 nitrogen and oxygen atoms in total. The van der Waals surface area contributed by atoms with E-state index in [1.165, 1.54) is 0 Å². The van der Waals surface area contributed by atoms with Crippen LogP contribution in [0.1, 0.15) is 36.9 Å². The largest absolute Gasteiger partial charge is 0.348 e. The van der Waals surface area contributed by atoms with Crippen LogP contribution in [0.15, 0.2) is 60.7 Å². The van der Waals surface area contributed by atoms with Gasteiger partial charge in [-0.15, -0.1) is 0 Å². The van der Waals surface area contributed by atoms with Crippen LogP contribution >= 0.6 is 0 Å². The first-order chi connectivity index (χ1) is 12.1. The van der Waals surface area contributed by atoms with E-state index < -0.39 is 0 Å². The van der Waals surface area contributed by atoms with E-state index in [-0.39, 0.29) is 23.9 Å². The number of nitrogens with one attached hydrogen (secondary N) is 1. The minimum atomic E-state index is -0.359. The van der Waals surface area contributed by atoms with Crippen molar-refractivity contribution in [1.82, 2.24) is 10.2 Å². The Morgan fingerprint density at radius 2 is 1.72 bits per heavy atom. The first-order valence-electron chi connectivity index (χ1n) is 8.84. The Balaban J connectivity index is 1.62. The van der Waals surface area contributed by atoms with E-state index in [0.717, 1.165) is 24.0 Å². The van der Waals surface area contributed by atoms with Crippen molar-refractivity contribution in [2.24, 2.45) is 0 Å². The van der Waals surface area contributed by atoms with Gasteiger partial charge in [-0.1, -0.05) is 60.7 Å². The van der Waals surface area contributed by atoms with Gasteiger partial charge in [0.25, 0.3) is 0 Å². The van der Waals surface area contributed by atoms with Gasteiger partial charge in [0.2, 0.25) is 11.8 Å². The number of rotatable bonds is 5. The van der Waals surface area contributed by atoms with Crippen molar-refractivity contribution in [3.05, 3.63) is 71.8 Å². The molecule has 2 amide bonds. The molecule has 1 N–H and O–H groups in total. The molecule has 4 heteroatoms. The summed E-state index contributed by atoms with van der Waals surface area (Å²) in [6.45, 7) is 2.63. The van der Waals surface area contributed by atoms with E-state index in [4.69, 9.17) is 0 Å². The van der Waals surface area contributed by atoms with Crippen LogP contribution in [0.3, 0.4) is 0 Å². The molecule has 0 radical (unpaired) electrons. The van der Waals surface area contributed by atoms with Crippen molar-refractivity contribution in [1.29, 1.82) is 0 Å². The van der Waals surface area contributed by atoms with Gasteiger partial charge < -0.3 is 10.2 Å². The minimum absolute atomic E-state index is 0.0243. The van der Waals surface area contributed by atoms with E-state index in [0.29, 0.717) is 13.0 Å². The van der Waals surface area contributed by atoms with E-state index in [1.807, 2.05) is 67.6 Å². The third-order valence-corrected chi connectivity index (χ3v) is 4.73. The second-order valence-electron chi connectivity index (χ2n) is 6.55. The molecule has 2 unspecified atom stereocenters. The van der Waals surface area contributed by atoms with Gasteiger partial charge in [-0.05, 0) is 30.9 Å². The molecule has 0 aromatic heterocycles. The molecule has 0 spiro atoms. The maximum Gasteiger partial charge on any atom is 0.243 e. The third kappa shape index (κ3) is 4.27. The highest BCUT2D eigenvalue weighted by molar-refractivity contribution is 5.89. The molecular formula is C21H24N2O2. The summed E-state index contributed by atoms with van der Waals surface area (Å²) in [6, 6.07) is 19.1. The summed E-state index contributed by atoms with van der Waals surface area (Å²) in [7, 11) is 0. The highest BCUT2D eigenvalue weighted by Gasteiger charge is 2.34. The van der Waals surface area contributed by atoms with E-state index in [1.54, 1.807) is 4.90 Å². The predicted molar refractivity (Wildman–Crippen MR) is 97.9 cm³/mol. The normalized spacial score (nSPS) is 18.0. The van der Waals surface area contributed by atoms with Crippen LogP contribution in [0.2, 0.25) is 0 Å². The number of carbonyl (C=O) groups is 2. The number of likely N-dealkylation sites (tertiary alicyclic amines) is 1. The van der Waals surface area contributed by atoms with Gasteiger partial charge in [0.05, 0.1) is 12.5 Å². The Hall–Kier alpha value is -2.62. The highest BCUT2D eigenvalue weighted by Crippen LogP contribution is 2.20. The molecule has 2 aromatic rings. The third-order valence-electron chi connectivity index (χ3n) is 4.73. The fraction of sp³-hybridized carbons (Fsp3) is 0.333. The molecule has 0 aliphatic carbocycles. The summed E-state index contributed by atoms with van der Waals surface area (Å²) in [5, 5.41) is 3.05. The summed E-state index contributed by atoms with van der Waals surface area (Å²) in [5.41, 5.74) is 2.05. The summed E-state index contributed by atoms with van der Waals surface area (Å²) in [4.78, 5) is 27.1. The number of carbonyl (C=O) groups excluding carboxylic acids is 2. The zero-order chi connectivity index (χ0) is 17.6. The van der Waals surface area contributed by atoms with Gasteiger partial charge in [-0.2, -0.15) is 0 Å². The average molecular weight is 336 g/mol. The lowest BCUT2D eigenvalue weighted by molar-refractivity contribution is -0.138. The zero-order valence-electron chi connectivity index (χ0n) is 14.5. The van der Waals surface area contributed by atoms with E-state index >= 15 is 0 Å². The van der Waals surface area contributed by atoms with Crippen molar-refractivity contribution >= 4 is 11.8 Å². The van der Waals surface area contributed by atoms with Crippen LogP contribution in [-0.2, 0) is 16.0 Å².